The van der Waals surface area contributed by atoms with Gasteiger partial charge in [-0.25, -0.2) is 14.8 Å². The topological polar surface area (TPSA) is 82.3 Å². The van der Waals surface area contributed by atoms with Crippen molar-refractivity contribution in [1.82, 2.24) is 15.4 Å². The van der Waals surface area contributed by atoms with E-state index in [2.05, 4.69) is 15.4 Å². The van der Waals surface area contributed by atoms with Crippen LogP contribution in [-0.2, 0) is 0 Å². The quantitative estimate of drug-likeness (QED) is 0.642. The van der Waals surface area contributed by atoms with Crippen molar-refractivity contribution in [3.63, 3.8) is 0 Å². The number of methoxy groups -OCH3 is 2. The van der Waals surface area contributed by atoms with Crippen LogP contribution in [0.1, 0.15) is 22.9 Å². The number of aromatic nitrogens is 2. The van der Waals surface area contributed by atoms with Gasteiger partial charge in [-0.2, -0.15) is 4.98 Å². The molecule has 6 nitrogen and oxygen atoms in total. The molecule has 0 fully saturated rings. The van der Waals surface area contributed by atoms with E-state index >= 15 is 0 Å². The molecule has 21 heavy (non-hydrogen) atoms. The van der Waals surface area contributed by atoms with E-state index < -0.39 is 6.04 Å². The van der Waals surface area contributed by atoms with E-state index in [9.17, 15) is 4.39 Å². The van der Waals surface area contributed by atoms with Crippen molar-refractivity contribution in [1.29, 1.82) is 0 Å². The predicted molar refractivity (Wildman–Crippen MR) is 75.4 cm³/mol. The number of nitrogens with two attached hydrogens (primary N) is 1. The third-order valence-electron chi connectivity index (χ3n) is 2.99. The van der Waals surface area contributed by atoms with E-state index in [4.69, 9.17) is 15.3 Å². The van der Waals surface area contributed by atoms with Gasteiger partial charge in [-0.1, -0.05) is 6.07 Å². The first-order valence-electron chi connectivity index (χ1n) is 6.27. The van der Waals surface area contributed by atoms with Crippen LogP contribution in [0.4, 0.5) is 4.39 Å². The Labute approximate surface area is 122 Å². The van der Waals surface area contributed by atoms with Crippen molar-refractivity contribution in [2.45, 2.75) is 13.0 Å². The van der Waals surface area contributed by atoms with Crippen LogP contribution in [0.3, 0.4) is 0 Å². The van der Waals surface area contributed by atoms with E-state index in [1.54, 1.807) is 6.92 Å². The predicted octanol–water partition coefficient (Wildman–Crippen LogP) is 1.49. The molecule has 0 bridgehead atoms. The maximum atomic E-state index is 13.6. The molecule has 0 saturated heterocycles. The van der Waals surface area contributed by atoms with E-state index in [1.165, 1.54) is 32.5 Å². The van der Waals surface area contributed by atoms with Crippen LogP contribution in [0.2, 0.25) is 0 Å². The van der Waals surface area contributed by atoms with Gasteiger partial charge in [-0.05, 0) is 30.2 Å². The second kappa shape index (κ2) is 6.47. The minimum atomic E-state index is -0.548. The summed E-state index contributed by atoms with van der Waals surface area (Å²) in [5.41, 5.74) is 4.48. The summed E-state index contributed by atoms with van der Waals surface area (Å²) >= 11 is 0. The van der Waals surface area contributed by atoms with Crippen molar-refractivity contribution in [2.75, 3.05) is 14.2 Å². The Kier molecular flexibility index (Phi) is 4.66. The Morgan fingerprint density at radius 3 is 2.57 bits per heavy atom. The molecule has 0 radical (unpaired) electrons. The van der Waals surface area contributed by atoms with Gasteiger partial charge in [0.05, 0.1) is 26.5 Å². The lowest BCUT2D eigenvalue weighted by atomic mass is 10.0. The Morgan fingerprint density at radius 2 is 2.00 bits per heavy atom. The molecule has 2 aromatic rings. The molecule has 0 saturated carbocycles. The summed E-state index contributed by atoms with van der Waals surface area (Å²) in [6.45, 7) is 1.80. The van der Waals surface area contributed by atoms with Crippen molar-refractivity contribution in [3.8, 4) is 11.8 Å². The largest absolute Gasteiger partial charge is 0.480 e. The first kappa shape index (κ1) is 15.1. The highest BCUT2D eigenvalue weighted by Crippen LogP contribution is 2.28. The van der Waals surface area contributed by atoms with Crippen LogP contribution in [0, 0.1) is 12.7 Å². The smallest absolute Gasteiger partial charge is 0.240 e. The highest BCUT2D eigenvalue weighted by atomic mass is 19.1. The number of ether oxygens (including phenoxy) is 2. The third kappa shape index (κ3) is 3.26. The Balaban J connectivity index is 2.50. The zero-order chi connectivity index (χ0) is 15.4. The minimum absolute atomic E-state index is 0.263. The molecule has 7 heteroatoms. The van der Waals surface area contributed by atoms with Crippen LogP contribution >= 0.6 is 0 Å². The number of aryl methyl sites for hydroxylation is 1. The van der Waals surface area contributed by atoms with Gasteiger partial charge in [0.1, 0.15) is 11.5 Å². The zero-order valence-corrected chi connectivity index (χ0v) is 12.1. The highest BCUT2D eigenvalue weighted by molar-refractivity contribution is 5.36. The molecule has 0 aliphatic rings. The molecule has 1 heterocycles. The standard InChI is InChI=1S/C14H17FN4O2/c1-8-4-9(6-10(15)5-8)12(19-16)13-14(21-3)18-11(20-2)7-17-13/h4-7,12,19H,16H2,1-3H3. The first-order chi connectivity index (χ1) is 10.1. The van der Waals surface area contributed by atoms with Crippen molar-refractivity contribution < 1.29 is 13.9 Å². The van der Waals surface area contributed by atoms with Crippen LogP contribution in [0.25, 0.3) is 0 Å². The summed E-state index contributed by atoms with van der Waals surface area (Å²) in [6, 6.07) is 4.10. The molecule has 112 valence electrons. The van der Waals surface area contributed by atoms with E-state index in [1.807, 2.05) is 6.07 Å². The molecule has 1 aromatic heterocycles. The van der Waals surface area contributed by atoms with Gasteiger partial charge < -0.3 is 9.47 Å². The van der Waals surface area contributed by atoms with E-state index in [0.717, 1.165) is 5.56 Å². The van der Waals surface area contributed by atoms with E-state index in [-0.39, 0.29) is 11.7 Å². The number of hydrogen-bond donors (Lipinski definition) is 2. The molecule has 2 rings (SSSR count). The van der Waals surface area contributed by atoms with Crippen molar-refractivity contribution in [3.05, 3.63) is 47.0 Å². The summed E-state index contributed by atoms with van der Waals surface area (Å²) < 4.78 is 23.8. The number of rotatable bonds is 5. The molecule has 0 amide bonds. The fourth-order valence-electron chi connectivity index (χ4n) is 2.08. The van der Waals surface area contributed by atoms with Gasteiger partial charge in [0.15, 0.2) is 0 Å². The average Bonchev–Trinajstić information content (AvgIpc) is 2.47. The van der Waals surface area contributed by atoms with E-state index in [0.29, 0.717) is 17.1 Å². The second-order valence-corrected chi connectivity index (χ2v) is 4.47. The average molecular weight is 292 g/mol. The Hall–Kier alpha value is -2.25. The van der Waals surface area contributed by atoms with Gasteiger partial charge in [0, 0.05) is 0 Å². The van der Waals surface area contributed by atoms with Gasteiger partial charge >= 0.3 is 0 Å². The van der Waals surface area contributed by atoms with Gasteiger partial charge in [-0.15, -0.1) is 0 Å². The molecule has 1 aromatic carbocycles. The minimum Gasteiger partial charge on any atom is -0.480 e. The molecule has 0 spiro atoms. The highest BCUT2D eigenvalue weighted by Gasteiger charge is 2.21. The molecule has 0 aliphatic carbocycles. The second-order valence-electron chi connectivity index (χ2n) is 4.47. The van der Waals surface area contributed by atoms with Gasteiger partial charge in [0.2, 0.25) is 11.8 Å². The fraction of sp³-hybridized carbons (Fsp3) is 0.286. The molecular formula is C14H17FN4O2. The molecule has 0 aliphatic heterocycles. The van der Waals surface area contributed by atoms with Crippen LogP contribution in [0.15, 0.2) is 24.4 Å². The van der Waals surface area contributed by atoms with Crippen LogP contribution < -0.4 is 20.7 Å². The van der Waals surface area contributed by atoms with Crippen LogP contribution in [0.5, 0.6) is 11.8 Å². The maximum absolute atomic E-state index is 13.6. The SMILES string of the molecule is COc1cnc(C(NN)c2cc(C)cc(F)c2)c(OC)n1. The monoisotopic (exact) mass is 292 g/mol. The number of hydrogen-bond acceptors (Lipinski definition) is 6. The molecule has 3 N–H and O–H groups in total. The zero-order valence-electron chi connectivity index (χ0n) is 12.1. The summed E-state index contributed by atoms with van der Waals surface area (Å²) in [5, 5.41) is 0. The van der Waals surface area contributed by atoms with Gasteiger partial charge in [0.25, 0.3) is 0 Å². The van der Waals surface area contributed by atoms with Crippen molar-refractivity contribution >= 4 is 0 Å². The van der Waals surface area contributed by atoms with Gasteiger partial charge in [-0.3, -0.25) is 5.84 Å². The lowest BCUT2D eigenvalue weighted by molar-refractivity contribution is 0.352. The normalized spacial score (nSPS) is 12.0. The number of nitrogens with one attached hydrogen (secondary N) is 1. The number of nitrogens with zero attached hydrogens (tertiary/aromatic N) is 2. The summed E-state index contributed by atoms with van der Waals surface area (Å²) in [6.07, 6.45) is 1.45. The fourth-order valence-corrected chi connectivity index (χ4v) is 2.08. The maximum Gasteiger partial charge on any atom is 0.240 e. The lowest BCUT2D eigenvalue weighted by Gasteiger charge is -2.18. The summed E-state index contributed by atoms with van der Waals surface area (Å²) in [4.78, 5) is 8.40. The Morgan fingerprint density at radius 1 is 1.24 bits per heavy atom. The number of benzene rings is 1. The van der Waals surface area contributed by atoms with Crippen LogP contribution in [-0.4, -0.2) is 24.2 Å². The molecular weight excluding hydrogens is 275 g/mol. The summed E-state index contributed by atoms with van der Waals surface area (Å²) in [5.74, 6) is 5.85. The Bertz CT molecular complexity index is 616. The van der Waals surface area contributed by atoms with Crippen molar-refractivity contribution in [2.24, 2.45) is 5.84 Å². The molecule has 1 atom stereocenters. The lowest BCUT2D eigenvalue weighted by Crippen LogP contribution is -2.30. The molecule has 1 unspecified atom stereocenters. The first-order valence-corrected chi connectivity index (χ1v) is 6.27. The third-order valence-corrected chi connectivity index (χ3v) is 2.99. The number of hydrazine groups is 1. The number of halogens is 1. The summed E-state index contributed by atoms with van der Waals surface area (Å²) in [7, 11) is 2.95.